The molecule has 2 amide bonds. The number of amides is 2. The number of fused-ring (bicyclic) bond motifs is 3. The molecule has 9 nitrogen and oxygen atoms in total. The predicted octanol–water partition coefficient (Wildman–Crippen LogP) is 4.19. The first-order valence-corrected chi connectivity index (χ1v) is 12.9. The topological polar surface area (TPSA) is 123 Å². The molecule has 12 heteroatoms. The van der Waals surface area contributed by atoms with Crippen molar-refractivity contribution in [2.45, 2.75) is 58.6 Å². The molecule has 3 saturated carbocycles. The molecule has 0 spiro atoms. The number of carbonyl (C=O) groups excluding carboxylic acids is 2. The number of alkyl halides is 2. The smallest absolute Gasteiger partial charge is 0.387 e. The minimum absolute atomic E-state index is 0.0639. The average Bonchev–Trinajstić information content (AvgIpc) is 3.36. The van der Waals surface area contributed by atoms with Gasteiger partial charge in [0, 0.05) is 30.6 Å². The molecule has 1 aromatic heterocycles. The minimum Gasteiger partial charge on any atom is -0.481 e. The van der Waals surface area contributed by atoms with E-state index in [2.05, 4.69) is 27.0 Å². The maximum absolute atomic E-state index is 13.7. The van der Waals surface area contributed by atoms with Gasteiger partial charge in [0.05, 0.1) is 5.41 Å². The summed E-state index contributed by atoms with van der Waals surface area (Å²) >= 11 is 0. The maximum atomic E-state index is 13.7. The van der Waals surface area contributed by atoms with Crippen LogP contribution < -0.4 is 15.4 Å². The Morgan fingerprint density at radius 2 is 1.80 bits per heavy atom. The largest absolute Gasteiger partial charge is 0.481 e. The summed E-state index contributed by atoms with van der Waals surface area (Å²) in [5.41, 5.74) is 0.139. The van der Waals surface area contributed by atoms with Crippen LogP contribution in [0, 0.1) is 23.6 Å². The van der Waals surface area contributed by atoms with Crippen molar-refractivity contribution in [3.8, 4) is 5.75 Å². The molecular formula is C28H31F3N4O5. The summed E-state index contributed by atoms with van der Waals surface area (Å²) in [5, 5.41) is 19.3. The standard InChI is InChI=1S/C28H31F3N4O5/c1-17(23(36)32-15-19-3-4-20(29)22(14-19)40-26(30)31)13-21(35-18(2)5-12-34-35)24(37)33-16-27-6-9-28(10-7-27,11-8-27)25(38)39/h3-5,12-14,26H,1,6-11,15-16H2,2H3,(H,32,36)(H,33,37)(H,38,39)/b21-13-. The van der Waals surface area contributed by atoms with Gasteiger partial charge in [-0.1, -0.05) is 12.6 Å². The summed E-state index contributed by atoms with van der Waals surface area (Å²) in [6.07, 6.45) is 6.70. The predicted molar refractivity (Wildman–Crippen MR) is 138 cm³/mol. The highest BCUT2D eigenvalue weighted by atomic mass is 19.3. The molecule has 40 heavy (non-hydrogen) atoms. The van der Waals surface area contributed by atoms with Crippen LogP contribution in [0.2, 0.25) is 0 Å². The Hall–Kier alpha value is -4.09. The molecule has 0 radical (unpaired) electrons. The molecule has 3 aliphatic rings. The van der Waals surface area contributed by atoms with Crippen molar-refractivity contribution < 1.29 is 37.4 Å². The van der Waals surface area contributed by atoms with Gasteiger partial charge < -0.3 is 20.5 Å². The van der Waals surface area contributed by atoms with Crippen LogP contribution in [0.25, 0.3) is 5.70 Å². The van der Waals surface area contributed by atoms with Crippen LogP contribution in [0.5, 0.6) is 5.75 Å². The number of benzene rings is 1. The molecule has 3 aliphatic carbocycles. The summed E-state index contributed by atoms with van der Waals surface area (Å²) in [6, 6.07) is 5.03. The Kier molecular flexibility index (Phi) is 8.36. The van der Waals surface area contributed by atoms with Crippen molar-refractivity contribution in [3.05, 3.63) is 65.8 Å². The van der Waals surface area contributed by atoms with Crippen molar-refractivity contribution >= 4 is 23.5 Å². The Morgan fingerprint density at radius 3 is 2.38 bits per heavy atom. The molecule has 1 heterocycles. The van der Waals surface area contributed by atoms with Gasteiger partial charge in [-0.3, -0.25) is 14.4 Å². The van der Waals surface area contributed by atoms with E-state index < -0.39 is 41.4 Å². The third-order valence-electron chi connectivity index (χ3n) is 8.04. The number of aromatic nitrogens is 2. The number of halogens is 3. The highest BCUT2D eigenvalue weighted by Gasteiger charge is 2.52. The van der Waals surface area contributed by atoms with E-state index in [9.17, 15) is 32.7 Å². The molecule has 0 aliphatic heterocycles. The molecule has 214 valence electrons. The third kappa shape index (κ3) is 6.21. The molecule has 0 atom stereocenters. The van der Waals surface area contributed by atoms with Crippen LogP contribution in [-0.2, 0) is 20.9 Å². The van der Waals surface area contributed by atoms with E-state index in [4.69, 9.17) is 0 Å². The van der Waals surface area contributed by atoms with Crippen molar-refractivity contribution in [1.82, 2.24) is 20.4 Å². The fraction of sp³-hybridized carbons (Fsp3) is 0.429. The number of aryl methyl sites for hydroxylation is 1. The summed E-state index contributed by atoms with van der Waals surface area (Å²) < 4.78 is 44.2. The fourth-order valence-corrected chi connectivity index (χ4v) is 5.42. The quantitative estimate of drug-likeness (QED) is 0.280. The zero-order valence-corrected chi connectivity index (χ0v) is 22.0. The number of ether oxygens (including phenoxy) is 1. The molecule has 5 rings (SSSR count). The zero-order valence-electron chi connectivity index (χ0n) is 22.0. The van der Waals surface area contributed by atoms with E-state index in [1.54, 1.807) is 13.0 Å². The number of hydrogen-bond donors (Lipinski definition) is 3. The molecule has 2 bridgehead atoms. The van der Waals surface area contributed by atoms with Crippen LogP contribution in [0.15, 0.2) is 48.7 Å². The van der Waals surface area contributed by atoms with Crippen molar-refractivity contribution in [3.63, 3.8) is 0 Å². The average molecular weight is 561 g/mol. The van der Waals surface area contributed by atoms with Crippen LogP contribution in [0.4, 0.5) is 13.2 Å². The first-order chi connectivity index (χ1) is 18.9. The molecule has 1 aromatic carbocycles. The van der Waals surface area contributed by atoms with Gasteiger partial charge in [0.1, 0.15) is 5.70 Å². The molecule has 2 aromatic rings. The first-order valence-electron chi connectivity index (χ1n) is 12.9. The number of aliphatic carboxylic acids is 1. The van der Waals surface area contributed by atoms with Gasteiger partial charge in [0.15, 0.2) is 11.6 Å². The van der Waals surface area contributed by atoms with E-state index in [-0.39, 0.29) is 23.2 Å². The second-order valence-electron chi connectivity index (χ2n) is 10.5. The summed E-state index contributed by atoms with van der Waals surface area (Å²) in [6.45, 7) is 2.54. The summed E-state index contributed by atoms with van der Waals surface area (Å²) in [7, 11) is 0. The van der Waals surface area contributed by atoms with Gasteiger partial charge in [-0.05, 0) is 80.7 Å². The van der Waals surface area contributed by atoms with Gasteiger partial charge in [0.2, 0.25) is 0 Å². The van der Waals surface area contributed by atoms with Crippen LogP contribution >= 0.6 is 0 Å². The lowest BCUT2D eigenvalue weighted by Gasteiger charge is -2.51. The van der Waals surface area contributed by atoms with Crippen LogP contribution in [0.1, 0.15) is 49.8 Å². The SMILES string of the molecule is C=C(/C=C(/C(=O)NCC12CCC(C(=O)O)(CC1)CC2)n1nccc1C)C(=O)NCc1ccc(F)c(OC(F)F)c1. The molecule has 0 saturated heterocycles. The number of nitrogens with one attached hydrogen (secondary N) is 2. The van der Waals surface area contributed by atoms with Gasteiger partial charge in [-0.2, -0.15) is 13.9 Å². The number of carboxylic acids is 1. The normalized spacial score (nSPS) is 22.2. The maximum Gasteiger partial charge on any atom is 0.387 e. The zero-order chi connectivity index (χ0) is 29.1. The van der Waals surface area contributed by atoms with E-state index in [1.807, 2.05) is 0 Å². The lowest BCUT2D eigenvalue weighted by atomic mass is 9.53. The highest BCUT2D eigenvalue weighted by Crippen LogP contribution is 2.56. The van der Waals surface area contributed by atoms with Crippen LogP contribution in [0.3, 0.4) is 0 Å². The lowest BCUT2D eigenvalue weighted by molar-refractivity contribution is -0.159. The van der Waals surface area contributed by atoms with E-state index in [0.717, 1.165) is 12.1 Å². The molecule has 3 fully saturated rings. The number of carboxylic acid groups (broad SMARTS) is 1. The number of rotatable bonds is 11. The van der Waals surface area contributed by atoms with Gasteiger partial charge in [-0.15, -0.1) is 0 Å². The van der Waals surface area contributed by atoms with Gasteiger partial charge in [0.25, 0.3) is 11.8 Å². The molecule has 3 N–H and O–H groups in total. The summed E-state index contributed by atoms with van der Waals surface area (Å²) in [4.78, 5) is 37.8. The fourth-order valence-electron chi connectivity index (χ4n) is 5.42. The van der Waals surface area contributed by atoms with E-state index in [1.165, 1.54) is 23.0 Å². The Labute approximate surface area is 229 Å². The second kappa shape index (κ2) is 11.6. The minimum atomic E-state index is -3.20. The van der Waals surface area contributed by atoms with Crippen molar-refractivity contribution in [2.24, 2.45) is 10.8 Å². The lowest BCUT2D eigenvalue weighted by Crippen LogP contribution is -2.50. The molecule has 0 unspecified atom stereocenters. The van der Waals surface area contributed by atoms with Gasteiger partial charge in [-0.25, -0.2) is 9.07 Å². The number of carbonyl (C=O) groups is 3. The monoisotopic (exact) mass is 560 g/mol. The highest BCUT2D eigenvalue weighted by molar-refractivity contribution is 6.15. The number of hydrogen-bond acceptors (Lipinski definition) is 5. The van der Waals surface area contributed by atoms with Crippen molar-refractivity contribution in [1.29, 1.82) is 0 Å². The van der Waals surface area contributed by atoms with Crippen LogP contribution in [-0.4, -0.2) is 45.8 Å². The van der Waals surface area contributed by atoms with Gasteiger partial charge >= 0.3 is 12.6 Å². The Bertz CT molecular complexity index is 1330. The van der Waals surface area contributed by atoms with E-state index in [0.29, 0.717) is 56.3 Å². The molecular weight excluding hydrogens is 529 g/mol. The first kappa shape index (κ1) is 28.9. The third-order valence-corrected chi connectivity index (χ3v) is 8.04. The van der Waals surface area contributed by atoms with E-state index >= 15 is 0 Å². The second-order valence-corrected chi connectivity index (χ2v) is 10.5. The Balaban J connectivity index is 1.43. The Morgan fingerprint density at radius 1 is 1.12 bits per heavy atom. The van der Waals surface area contributed by atoms with Crippen molar-refractivity contribution in [2.75, 3.05) is 6.54 Å². The summed E-state index contributed by atoms with van der Waals surface area (Å²) in [5.74, 6) is -3.46. The number of nitrogens with zero attached hydrogens (tertiary/aromatic N) is 2.